The van der Waals surface area contributed by atoms with Crippen LogP contribution < -0.4 is 5.32 Å². The van der Waals surface area contributed by atoms with Crippen LogP contribution in [0.5, 0.6) is 0 Å². The molecule has 0 saturated carbocycles. The lowest BCUT2D eigenvalue weighted by molar-refractivity contribution is -0.193. The Labute approximate surface area is 263 Å². The van der Waals surface area contributed by atoms with Crippen molar-refractivity contribution in [3.8, 4) is 0 Å². The van der Waals surface area contributed by atoms with Gasteiger partial charge in [0.25, 0.3) is 0 Å². The highest BCUT2D eigenvalue weighted by Crippen LogP contribution is 2.24. The van der Waals surface area contributed by atoms with Crippen LogP contribution in [0.4, 0.5) is 39.5 Å². The number of nitrogens with zero attached hydrogens (tertiary/aromatic N) is 5. The third kappa shape index (κ3) is 15.8. The van der Waals surface area contributed by atoms with E-state index in [1.165, 1.54) is 5.56 Å². The minimum absolute atomic E-state index is 0.00957. The van der Waals surface area contributed by atoms with Gasteiger partial charge in [-0.1, -0.05) is 12.1 Å². The normalized spacial score (nSPS) is 14.3. The second-order valence-corrected chi connectivity index (χ2v) is 9.16. The van der Waals surface area contributed by atoms with Crippen LogP contribution in [0.2, 0.25) is 0 Å². The molecule has 1 unspecified atom stereocenters. The first kappa shape index (κ1) is 40.7. The smallest absolute Gasteiger partial charge is 0.475 e. The molecule has 0 saturated heterocycles. The van der Waals surface area contributed by atoms with Gasteiger partial charge in [-0.3, -0.25) is 24.3 Å². The average molecular weight is 705 g/mol. The lowest BCUT2D eigenvalue weighted by Crippen LogP contribution is -2.39. The number of pyridine rings is 2. The molecule has 264 valence electrons. The van der Waals surface area contributed by atoms with Crippen molar-refractivity contribution in [3.05, 3.63) is 78.1 Å². The third-order valence-electron chi connectivity index (χ3n) is 5.42. The highest BCUT2D eigenvalue weighted by Gasteiger charge is 2.39. The monoisotopic (exact) mass is 704 g/mol. The number of carbonyl (C=O) groups excluding carboxylic acids is 1. The fraction of sp³-hybridized carbons (Fsp3) is 0.346. The molecule has 48 heavy (non-hydrogen) atoms. The number of nitrogens with one attached hydrogen (secondary N) is 1. The Morgan fingerprint density at radius 1 is 0.792 bits per heavy atom. The summed E-state index contributed by atoms with van der Waals surface area (Å²) in [6, 6.07) is 11.8. The molecule has 0 fully saturated rings. The molecule has 22 heteroatoms. The molecule has 0 spiro atoms. The highest BCUT2D eigenvalue weighted by atomic mass is 19.4. The average Bonchev–Trinajstić information content (AvgIpc) is 3.46. The third-order valence-corrected chi connectivity index (χ3v) is 5.42. The van der Waals surface area contributed by atoms with E-state index in [1.54, 1.807) is 12.4 Å². The number of aliphatic carboxylic acids is 3. The number of fused-ring (bicyclic) bond motifs is 1. The molecule has 1 aliphatic rings. The quantitative estimate of drug-likeness (QED) is 0.273. The predicted octanol–water partition coefficient (Wildman–Crippen LogP) is 3.84. The number of rotatable bonds is 6. The summed E-state index contributed by atoms with van der Waals surface area (Å²) in [5, 5.41) is 28.8. The van der Waals surface area contributed by atoms with E-state index in [1.807, 2.05) is 47.4 Å². The van der Waals surface area contributed by atoms with Crippen molar-refractivity contribution in [2.75, 3.05) is 6.54 Å². The predicted molar refractivity (Wildman–Crippen MR) is 141 cm³/mol. The van der Waals surface area contributed by atoms with Gasteiger partial charge in [0.05, 0.1) is 30.4 Å². The van der Waals surface area contributed by atoms with Crippen LogP contribution in [0.1, 0.15) is 29.4 Å². The molecule has 0 radical (unpaired) electrons. The number of hydrogen-bond donors (Lipinski definition) is 4. The Hall–Kier alpha value is -5.28. The first-order chi connectivity index (χ1) is 22.1. The van der Waals surface area contributed by atoms with Crippen molar-refractivity contribution in [1.29, 1.82) is 0 Å². The molecule has 1 aliphatic heterocycles. The van der Waals surface area contributed by atoms with Gasteiger partial charge in [-0.15, -0.1) is 0 Å². The zero-order chi connectivity index (χ0) is 36.7. The molecule has 4 heterocycles. The maximum absolute atomic E-state index is 12.5. The van der Waals surface area contributed by atoms with Crippen LogP contribution in [0, 0.1) is 0 Å². The van der Waals surface area contributed by atoms with Crippen molar-refractivity contribution in [2.24, 2.45) is 0 Å². The summed E-state index contributed by atoms with van der Waals surface area (Å²) >= 11 is 0. The van der Waals surface area contributed by atoms with Crippen LogP contribution in [0.3, 0.4) is 0 Å². The highest BCUT2D eigenvalue weighted by molar-refractivity contribution is 5.76. The van der Waals surface area contributed by atoms with Gasteiger partial charge in [0, 0.05) is 44.4 Å². The van der Waals surface area contributed by atoms with E-state index < -0.39 is 36.4 Å². The van der Waals surface area contributed by atoms with Crippen LogP contribution in [0.25, 0.3) is 0 Å². The topological polar surface area (TPSA) is 188 Å². The Balaban J connectivity index is 0.000000448. The molecule has 1 amide bonds. The van der Waals surface area contributed by atoms with Gasteiger partial charge in [0.15, 0.2) is 0 Å². The number of amides is 1. The largest absolute Gasteiger partial charge is 0.490 e. The number of carbonyl (C=O) groups is 4. The summed E-state index contributed by atoms with van der Waals surface area (Å²) < 4.78 is 97.2. The van der Waals surface area contributed by atoms with Gasteiger partial charge in [0.2, 0.25) is 5.91 Å². The fourth-order valence-electron chi connectivity index (χ4n) is 3.46. The second kappa shape index (κ2) is 18.2. The molecule has 3 aromatic rings. The summed E-state index contributed by atoms with van der Waals surface area (Å²) in [7, 11) is 0. The molecular formula is C26H25F9N6O7. The van der Waals surface area contributed by atoms with Crippen molar-refractivity contribution in [1.82, 2.24) is 30.0 Å². The molecule has 1 atom stereocenters. The number of alkyl halides is 9. The number of carboxylic acids is 3. The van der Waals surface area contributed by atoms with Crippen molar-refractivity contribution >= 4 is 23.8 Å². The van der Waals surface area contributed by atoms with Crippen LogP contribution in [-0.2, 0) is 38.8 Å². The Kier molecular flexibility index (Phi) is 15.4. The lowest BCUT2D eigenvalue weighted by Gasteiger charge is -2.33. The molecule has 0 aromatic carbocycles. The summed E-state index contributed by atoms with van der Waals surface area (Å²) in [5.74, 6) is -8.26. The van der Waals surface area contributed by atoms with E-state index in [0.717, 1.165) is 31.0 Å². The van der Waals surface area contributed by atoms with E-state index in [9.17, 15) is 44.3 Å². The van der Waals surface area contributed by atoms with Crippen LogP contribution >= 0.6 is 0 Å². The molecule has 0 bridgehead atoms. The lowest BCUT2D eigenvalue weighted by atomic mass is 10.1. The second-order valence-electron chi connectivity index (χ2n) is 9.16. The maximum Gasteiger partial charge on any atom is 0.490 e. The summed E-state index contributed by atoms with van der Waals surface area (Å²) in [4.78, 5) is 49.9. The van der Waals surface area contributed by atoms with E-state index in [0.29, 0.717) is 13.0 Å². The summed E-state index contributed by atoms with van der Waals surface area (Å²) in [6.07, 6.45) is -7.65. The van der Waals surface area contributed by atoms with Gasteiger partial charge in [-0.25, -0.2) is 14.4 Å². The standard InChI is InChI=1S/C20H22N6O.3C2HF3O2/c27-20(23-12-17-5-1-2-8-22-17)10-19-15-25(13-16-4-3-7-21-11-16)14-18-6-9-24-26(18)19;3*3-2(4,5)1(6)7/h1-9,11,19H,10,12-15H2,(H,23,27);3*(H,6,7). The minimum atomic E-state index is -5.08. The molecule has 4 N–H and O–H groups in total. The number of aromatic nitrogens is 4. The maximum atomic E-state index is 12.5. The number of halogens is 9. The van der Waals surface area contributed by atoms with Crippen LogP contribution in [0.15, 0.2) is 61.2 Å². The molecule has 4 rings (SSSR count). The van der Waals surface area contributed by atoms with Gasteiger partial charge in [0.1, 0.15) is 0 Å². The zero-order valence-electron chi connectivity index (χ0n) is 24.0. The van der Waals surface area contributed by atoms with Crippen LogP contribution in [-0.4, -0.2) is 88.9 Å². The van der Waals surface area contributed by atoms with Gasteiger partial charge in [-0.2, -0.15) is 44.6 Å². The van der Waals surface area contributed by atoms with E-state index in [-0.39, 0.29) is 11.9 Å². The van der Waals surface area contributed by atoms with E-state index in [2.05, 4.69) is 31.3 Å². The summed E-state index contributed by atoms with van der Waals surface area (Å²) in [5.41, 5.74) is 3.16. The number of carboxylic acid groups (broad SMARTS) is 3. The minimum Gasteiger partial charge on any atom is -0.475 e. The van der Waals surface area contributed by atoms with Crippen molar-refractivity contribution in [3.63, 3.8) is 0 Å². The Bertz CT molecular complexity index is 1410. The van der Waals surface area contributed by atoms with Gasteiger partial charge >= 0.3 is 36.4 Å². The molecular weight excluding hydrogens is 679 g/mol. The SMILES string of the molecule is O=C(CC1CN(Cc2cccnc2)Cc2ccnn21)NCc1ccccn1.O=C(O)C(F)(F)F.O=C(O)C(F)(F)F.O=C(O)C(F)(F)F. The van der Waals surface area contributed by atoms with Crippen molar-refractivity contribution < 1.29 is 74.0 Å². The molecule has 0 aliphatic carbocycles. The first-order valence-corrected chi connectivity index (χ1v) is 12.8. The first-order valence-electron chi connectivity index (χ1n) is 12.8. The number of hydrogen-bond acceptors (Lipinski definition) is 8. The molecule has 3 aromatic heterocycles. The van der Waals surface area contributed by atoms with Crippen molar-refractivity contribution in [2.45, 2.75) is 50.6 Å². The van der Waals surface area contributed by atoms with Gasteiger partial charge < -0.3 is 20.6 Å². The van der Waals surface area contributed by atoms with E-state index >= 15 is 0 Å². The van der Waals surface area contributed by atoms with E-state index in [4.69, 9.17) is 29.7 Å². The Morgan fingerprint density at radius 3 is 1.81 bits per heavy atom. The molecule has 13 nitrogen and oxygen atoms in total. The van der Waals surface area contributed by atoms with Gasteiger partial charge in [-0.05, 0) is 29.8 Å². The zero-order valence-corrected chi connectivity index (χ0v) is 24.0. The Morgan fingerprint density at radius 2 is 1.35 bits per heavy atom. The summed E-state index contributed by atoms with van der Waals surface area (Å²) in [6.45, 7) is 2.85. The fourth-order valence-corrected chi connectivity index (χ4v) is 3.46.